The van der Waals surface area contributed by atoms with Crippen LogP contribution in [0.5, 0.6) is 0 Å². The number of nitrogens with zero attached hydrogens (tertiary/aromatic N) is 3. The van der Waals surface area contributed by atoms with Crippen molar-refractivity contribution in [3.8, 4) is 0 Å². The number of aliphatic hydroxyl groups is 1. The second kappa shape index (κ2) is 70.2. The van der Waals surface area contributed by atoms with Crippen molar-refractivity contribution in [1.29, 1.82) is 0 Å². The Balaban J connectivity index is 2.72. The van der Waals surface area contributed by atoms with Crippen LogP contribution in [0.25, 0.3) is 0 Å². The van der Waals surface area contributed by atoms with Crippen LogP contribution in [-0.4, -0.2) is 146 Å². The van der Waals surface area contributed by atoms with Gasteiger partial charge in [-0.15, -0.1) is 0 Å². The molecule has 0 spiro atoms. The summed E-state index contributed by atoms with van der Waals surface area (Å²) in [6.45, 7) is 19.6. The van der Waals surface area contributed by atoms with E-state index in [1.54, 1.807) is 0 Å². The van der Waals surface area contributed by atoms with Crippen LogP contribution in [0, 0.1) is 0 Å². The average molecular weight is 1330 g/mol. The first kappa shape index (κ1) is 87.9. The summed E-state index contributed by atoms with van der Waals surface area (Å²) in [5, 5.41) is 17.6. The summed E-state index contributed by atoms with van der Waals surface area (Å²) in [5.74, 6) is 1.57. The number of ether oxygens (including phenoxy) is 2. The molecule has 0 aliphatic carbocycles. The predicted octanol–water partition coefficient (Wildman–Crippen LogP) is 20.0. The van der Waals surface area contributed by atoms with Crippen LogP contribution in [0.4, 0.5) is 0 Å². The van der Waals surface area contributed by atoms with Gasteiger partial charge in [0.1, 0.15) is 19.3 Å². The van der Waals surface area contributed by atoms with Crippen LogP contribution in [0.1, 0.15) is 349 Å². The van der Waals surface area contributed by atoms with E-state index < -0.39 is 6.04 Å². The number of unbranched alkanes of at least 4 members (excludes halogenated alkanes) is 34. The molecule has 1 fully saturated rings. The third-order valence-electron chi connectivity index (χ3n) is 18.3. The topological polar surface area (TPSA) is 141 Å². The maximum atomic E-state index is 13.8. The van der Waals surface area contributed by atoms with E-state index >= 15 is 0 Å². The second-order valence-corrected chi connectivity index (χ2v) is 29.9. The summed E-state index contributed by atoms with van der Waals surface area (Å²) in [6.07, 6.45) is 64.5. The number of aliphatic hydroxyl groups excluding tert-OH is 1. The predicted molar refractivity (Wildman–Crippen MR) is 399 cm³/mol. The van der Waals surface area contributed by atoms with E-state index in [-0.39, 0.29) is 29.9 Å². The minimum atomic E-state index is -0.545. The van der Waals surface area contributed by atoms with E-state index in [0.29, 0.717) is 52.0 Å². The van der Waals surface area contributed by atoms with E-state index in [1.807, 2.05) is 33.7 Å². The van der Waals surface area contributed by atoms with Crippen molar-refractivity contribution in [3.63, 3.8) is 0 Å². The third-order valence-corrected chi connectivity index (χ3v) is 20.8. The van der Waals surface area contributed by atoms with Gasteiger partial charge in [-0.25, -0.2) is 0 Å². The van der Waals surface area contributed by atoms with Crippen LogP contribution in [-0.2, 0) is 28.7 Å². The normalized spacial score (nSPS) is 13.6. The molecule has 1 heterocycles. The van der Waals surface area contributed by atoms with E-state index in [2.05, 4.69) is 65.2 Å². The summed E-state index contributed by atoms with van der Waals surface area (Å²) < 4.78 is 10.9. The Labute approximate surface area is 576 Å². The maximum absolute atomic E-state index is 13.8. The molecule has 0 bridgehead atoms. The molecule has 12 nitrogen and oxygen atoms in total. The van der Waals surface area contributed by atoms with Gasteiger partial charge in [-0.3, -0.25) is 19.2 Å². The van der Waals surface area contributed by atoms with E-state index in [1.165, 1.54) is 206 Å². The van der Waals surface area contributed by atoms with Crippen molar-refractivity contribution in [3.05, 3.63) is 24.3 Å². The number of nitrogens with one attached hydrogen (secondary N) is 2. The zero-order valence-electron chi connectivity index (χ0n) is 60.8. The zero-order chi connectivity index (χ0) is 66.5. The number of rotatable bonds is 72. The molecule has 3 N–H and O–H groups in total. The summed E-state index contributed by atoms with van der Waals surface area (Å²) in [7, 11) is 3.72. The number of carbonyl (C=O) groups is 4. The molecule has 2 atom stereocenters. The molecule has 2 amide bonds. The highest BCUT2D eigenvalue weighted by Gasteiger charge is 2.22. The molecule has 0 radical (unpaired) electrons. The molecule has 0 aromatic rings. The molecular weight excluding hydrogens is 1180 g/mol. The van der Waals surface area contributed by atoms with Crippen molar-refractivity contribution in [1.82, 2.24) is 25.3 Å². The number of hydrogen-bond donors (Lipinski definition) is 3. The van der Waals surface area contributed by atoms with Gasteiger partial charge in [-0.1, -0.05) is 260 Å². The van der Waals surface area contributed by atoms with Gasteiger partial charge < -0.3 is 39.9 Å². The lowest BCUT2D eigenvalue weighted by molar-refractivity contribution is -0.143. The number of likely N-dealkylation sites (tertiary alicyclic amines) is 1. The molecule has 0 aromatic carbocycles. The molecular formula is C78H149N5O7S2. The Bertz CT molecular complexity index is 1640. The largest absolute Gasteiger partial charge is 0.461 e. The fraction of sp³-hybridized carbons (Fsp3) is 0.897. The van der Waals surface area contributed by atoms with Crippen molar-refractivity contribution in [2.75, 3.05) is 90.2 Å². The summed E-state index contributed by atoms with van der Waals surface area (Å²) in [6, 6.07) is -0.545. The highest BCUT2D eigenvalue weighted by molar-refractivity contribution is 8.76. The van der Waals surface area contributed by atoms with Gasteiger partial charge in [0, 0.05) is 43.9 Å². The van der Waals surface area contributed by atoms with Crippen molar-refractivity contribution < 1.29 is 33.8 Å². The second-order valence-electron chi connectivity index (χ2n) is 27.2. The molecule has 1 rings (SSSR count). The summed E-state index contributed by atoms with van der Waals surface area (Å²) in [5.41, 5.74) is 0. The van der Waals surface area contributed by atoms with Crippen LogP contribution in [0.15, 0.2) is 24.3 Å². The van der Waals surface area contributed by atoms with Gasteiger partial charge in [0.15, 0.2) is 0 Å². The lowest BCUT2D eigenvalue weighted by Gasteiger charge is -2.25. The van der Waals surface area contributed by atoms with Crippen LogP contribution in [0.3, 0.4) is 0 Å². The smallest absolute Gasteiger partial charge is 0.306 e. The van der Waals surface area contributed by atoms with Gasteiger partial charge in [0.05, 0.1) is 6.10 Å². The maximum Gasteiger partial charge on any atom is 0.306 e. The summed E-state index contributed by atoms with van der Waals surface area (Å²) >= 11 is 0. The molecule has 14 heteroatoms. The molecule has 1 saturated heterocycles. The monoisotopic (exact) mass is 1330 g/mol. The number of esters is 2. The van der Waals surface area contributed by atoms with Crippen molar-refractivity contribution >= 4 is 45.3 Å². The van der Waals surface area contributed by atoms with Gasteiger partial charge in [-0.2, -0.15) is 0 Å². The number of amides is 2. The molecule has 1 aliphatic rings. The molecule has 540 valence electrons. The highest BCUT2D eigenvalue weighted by atomic mass is 33.1. The van der Waals surface area contributed by atoms with Gasteiger partial charge in [0.2, 0.25) is 11.8 Å². The van der Waals surface area contributed by atoms with Crippen molar-refractivity contribution in [2.45, 2.75) is 361 Å². The minimum absolute atomic E-state index is 0.0480. The van der Waals surface area contributed by atoms with Gasteiger partial charge in [0.25, 0.3) is 0 Å². The van der Waals surface area contributed by atoms with E-state index in [9.17, 15) is 24.3 Å². The molecule has 2 unspecified atom stereocenters. The first-order chi connectivity index (χ1) is 45.2. The Hall–Kier alpha value is -2.10. The van der Waals surface area contributed by atoms with Crippen molar-refractivity contribution in [2.24, 2.45) is 0 Å². The standard InChI is InChI=1S/C78H149N5O7S2/c1-5-9-13-17-21-23-24-26-34-45-66-83(72-73(84)54-39-31-25-22-18-14-10-6-2)67-53-55-75(85)80-74(78(88)79-59-42-46-62-82-63-47-48-64-82)58-71-92-91-70-52-49-65-81(60-43-35-29-32-40-56-76(86)89-68-50-37-27-19-15-11-7-3)61-44-36-30-33-41-57-77(87)90-69-51-38-28-20-16-12-8-4/h37-38,50-51,73-74,84H,5-36,39-49,52-72H2,1-4H3,(H,79,88)(H,80,85)/b50-37-,51-38-. The number of hydrogen-bond acceptors (Lipinski definition) is 12. The Kier molecular flexibility index (Phi) is 67.1. The van der Waals surface area contributed by atoms with Crippen LogP contribution >= 0.6 is 21.6 Å². The van der Waals surface area contributed by atoms with Gasteiger partial charge in [-0.05, 0) is 168 Å². The SMILES string of the molecule is CCCCCC/C=C\COC(=O)CCCCCCCN(CCCCCCCC(=O)OC/C=C\CCCCCC)CCCCSSCCC(NC(=O)CCCN(CCCCCCCCCCCC)CC(O)CCCCCCCCCC)C(=O)NCCCCN1CCCC1. The number of carbonyl (C=O) groups excluding carboxylic acids is 4. The fourth-order valence-electron chi connectivity index (χ4n) is 12.4. The lowest BCUT2D eigenvalue weighted by atomic mass is 10.0. The van der Waals surface area contributed by atoms with Crippen LogP contribution in [0.2, 0.25) is 0 Å². The molecule has 0 saturated carbocycles. The minimum Gasteiger partial charge on any atom is -0.461 e. The Morgan fingerprint density at radius 2 is 0.870 bits per heavy atom. The van der Waals surface area contributed by atoms with Crippen LogP contribution < -0.4 is 10.6 Å². The zero-order valence-corrected chi connectivity index (χ0v) is 62.4. The Morgan fingerprint density at radius 3 is 1.38 bits per heavy atom. The first-order valence-electron chi connectivity index (χ1n) is 39.5. The third kappa shape index (κ3) is 61.5. The van der Waals surface area contributed by atoms with Gasteiger partial charge >= 0.3 is 11.9 Å². The fourth-order valence-corrected chi connectivity index (χ4v) is 14.6. The number of allylic oxidation sites excluding steroid dienone is 2. The average Bonchev–Trinajstić information content (AvgIpc) is 3.62. The molecule has 92 heavy (non-hydrogen) atoms. The first-order valence-corrected chi connectivity index (χ1v) is 42.0. The Morgan fingerprint density at radius 1 is 0.446 bits per heavy atom. The highest BCUT2D eigenvalue weighted by Crippen LogP contribution is 2.25. The van der Waals surface area contributed by atoms with E-state index in [4.69, 9.17) is 9.47 Å². The molecule has 0 aromatic heterocycles. The quantitative estimate of drug-likeness (QED) is 0.0231. The summed E-state index contributed by atoms with van der Waals surface area (Å²) in [4.78, 5) is 59.7. The molecule has 1 aliphatic heterocycles. The van der Waals surface area contributed by atoms with E-state index in [0.717, 1.165) is 154 Å². The lowest BCUT2D eigenvalue weighted by Crippen LogP contribution is -2.47.